The summed E-state index contributed by atoms with van der Waals surface area (Å²) in [5, 5.41) is 3.28. The monoisotopic (exact) mass is 355 g/mol. The predicted octanol–water partition coefficient (Wildman–Crippen LogP) is 4.73. The van der Waals surface area contributed by atoms with Gasteiger partial charge in [0.1, 0.15) is 5.82 Å². The normalized spacial score (nSPS) is 12.0. The number of hydrogen-bond acceptors (Lipinski definition) is 1. The molecule has 0 saturated carbocycles. The number of carbonyl (C=O) groups is 1. The molecule has 104 valence electrons. The van der Waals surface area contributed by atoms with Crippen LogP contribution in [0.5, 0.6) is 0 Å². The quantitative estimate of drug-likeness (QED) is 0.846. The van der Waals surface area contributed by atoms with Crippen molar-refractivity contribution >= 4 is 33.4 Å². The second-order valence-corrected chi connectivity index (χ2v) is 5.76. The van der Waals surface area contributed by atoms with Crippen molar-refractivity contribution in [1.82, 2.24) is 5.32 Å². The van der Waals surface area contributed by atoms with Gasteiger partial charge < -0.3 is 5.32 Å². The Hall–Kier alpha value is -1.39. The van der Waals surface area contributed by atoms with Crippen LogP contribution in [0.1, 0.15) is 28.9 Å². The third-order valence-corrected chi connectivity index (χ3v) is 3.50. The lowest BCUT2D eigenvalue weighted by Crippen LogP contribution is -2.26. The largest absolute Gasteiger partial charge is 0.346 e. The van der Waals surface area contributed by atoms with Crippen molar-refractivity contribution in [3.8, 4) is 0 Å². The third-order valence-electron chi connectivity index (χ3n) is 2.82. The molecule has 2 aromatic carbocycles. The van der Waals surface area contributed by atoms with Crippen LogP contribution in [0.4, 0.5) is 4.39 Å². The molecule has 0 aliphatic heterocycles. The molecule has 0 aliphatic carbocycles. The number of nitrogens with one attached hydrogen (secondary N) is 1. The maximum atomic E-state index is 13.2. The molecule has 0 aliphatic rings. The van der Waals surface area contributed by atoms with Gasteiger partial charge in [0, 0.05) is 15.1 Å². The van der Waals surface area contributed by atoms with Gasteiger partial charge in [-0.15, -0.1) is 0 Å². The van der Waals surface area contributed by atoms with E-state index in [9.17, 15) is 9.18 Å². The Labute approximate surface area is 130 Å². The fraction of sp³-hybridized carbons (Fsp3) is 0.133. The average Bonchev–Trinajstić information content (AvgIpc) is 2.37. The molecule has 2 nitrogen and oxygen atoms in total. The fourth-order valence-electron chi connectivity index (χ4n) is 1.82. The van der Waals surface area contributed by atoms with Crippen LogP contribution in [0.2, 0.25) is 5.02 Å². The first-order valence-corrected chi connectivity index (χ1v) is 7.15. The van der Waals surface area contributed by atoms with Gasteiger partial charge in [-0.25, -0.2) is 4.39 Å². The van der Waals surface area contributed by atoms with Crippen molar-refractivity contribution in [1.29, 1.82) is 0 Å². The standard InChI is InChI=1S/C15H12BrClFNO/c1-9(10-3-2-4-14(18)7-10)19-15(20)11-5-12(16)8-13(17)6-11/h2-9H,1H3,(H,19,20). The van der Waals surface area contributed by atoms with Crippen molar-refractivity contribution in [2.45, 2.75) is 13.0 Å². The van der Waals surface area contributed by atoms with Crippen LogP contribution in [-0.4, -0.2) is 5.91 Å². The Morgan fingerprint density at radius 2 is 2.05 bits per heavy atom. The van der Waals surface area contributed by atoms with Crippen LogP contribution < -0.4 is 5.32 Å². The number of rotatable bonds is 3. The summed E-state index contributed by atoms with van der Waals surface area (Å²) in [6, 6.07) is 10.8. The van der Waals surface area contributed by atoms with Crippen LogP contribution in [0.3, 0.4) is 0 Å². The zero-order valence-electron chi connectivity index (χ0n) is 10.7. The van der Waals surface area contributed by atoms with Gasteiger partial charge >= 0.3 is 0 Å². The van der Waals surface area contributed by atoms with Gasteiger partial charge in [0.15, 0.2) is 0 Å². The lowest BCUT2D eigenvalue weighted by Gasteiger charge is -2.14. The van der Waals surface area contributed by atoms with Gasteiger partial charge in [0.2, 0.25) is 0 Å². The first-order chi connectivity index (χ1) is 9.45. The molecule has 20 heavy (non-hydrogen) atoms. The van der Waals surface area contributed by atoms with Gasteiger partial charge in [-0.05, 0) is 42.8 Å². The smallest absolute Gasteiger partial charge is 0.251 e. The average molecular weight is 357 g/mol. The summed E-state index contributed by atoms with van der Waals surface area (Å²) in [7, 11) is 0. The Morgan fingerprint density at radius 3 is 2.70 bits per heavy atom. The summed E-state index contributed by atoms with van der Waals surface area (Å²) in [6.45, 7) is 1.80. The number of hydrogen-bond donors (Lipinski definition) is 1. The molecule has 1 N–H and O–H groups in total. The van der Waals surface area contributed by atoms with E-state index in [1.54, 1.807) is 37.3 Å². The zero-order valence-corrected chi connectivity index (χ0v) is 13.0. The van der Waals surface area contributed by atoms with E-state index < -0.39 is 0 Å². The fourth-order valence-corrected chi connectivity index (χ4v) is 2.68. The maximum absolute atomic E-state index is 13.2. The van der Waals surface area contributed by atoms with Gasteiger partial charge in [0.05, 0.1) is 6.04 Å². The van der Waals surface area contributed by atoms with Crippen LogP contribution in [-0.2, 0) is 0 Å². The molecule has 1 unspecified atom stereocenters. The highest BCUT2D eigenvalue weighted by Crippen LogP contribution is 2.20. The Bertz CT molecular complexity index is 627. The molecule has 1 atom stereocenters. The predicted molar refractivity (Wildman–Crippen MR) is 81.4 cm³/mol. The van der Waals surface area contributed by atoms with Gasteiger partial charge in [0.25, 0.3) is 5.91 Å². The molecule has 1 amide bonds. The summed E-state index contributed by atoms with van der Waals surface area (Å²) in [5.41, 5.74) is 1.16. The van der Waals surface area contributed by atoms with Crippen molar-refractivity contribution in [3.05, 3.63) is 68.9 Å². The van der Waals surface area contributed by atoms with Crippen molar-refractivity contribution in [2.75, 3.05) is 0 Å². The molecule has 0 aromatic heterocycles. The summed E-state index contributed by atoms with van der Waals surface area (Å²) >= 11 is 9.20. The molecule has 0 bridgehead atoms. The Morgan fingerprint density at radius 1 is 1.30 bits per heavy atom. The summed E-state index contributed by atoms with van der Waals surface area (Å²) < 4.78 is 13.9. The van der Waals surface area contributed by atoms with Gasteiger partial charge in [-0.3, -0.25) is 4.79 Å². The minimum absolute atomic E-state index is 0.259. The van der Waals surface area contributed by atoms with Gasteiger partial charge in [-0.1, -0.05) is 39.7 Å². The van der Waals surface area contributed by atoms with E-state index in [1.807, 2.05) is 0 Å². The van der Waals surface area contributed by atoms with E-state index in [0.717, 1.165) is 4.47 Å². The molecule has 0 spiro atoms. The molecule has 5 heteroatoms. The first-order valence-electron chi connectivity index (χ1n) is 5.98. The number of amides is 1. The van der Waals surface area contributed by atoms with Crippen LogP contribution in [0.15, 0.2) is 46.9 Å². The molecule has 0 radical (unpaired) electrons. The molecule has 0 heterocycles. The highest BCUT2D eigenvalue weighted by Gasteiger charge is 2.13. The minimum Gasteiger partial charge on any atom is -0.346 e. The maximum Gasteiger partial charge on any atom is 0.251 e. The van der Waals surface area contributed by atoms with Crippen LogP contribution >= 0.6 is 27.5 Å². The minimum atomic E-state index is -0.325. The Balaban J connectivity index is 2.15. The van der Waals surface area contributed by atoms with E-state index in [0.29, 0.717) is 16.1 Å². The molecule has 0 saturated heterocycles. The summed E-state index contributed by atoms with van der Waals surface area (Å²) in [5.74, 6) is -0.584. The molecule has 0 fully saturated rings. The highest BCUT2D eigenvalue weighted by molar-refractivity contribution is 9.10. The molecule has 2 aromatic rings. The summed E-state index contributed by atoms with van der Waals surface area (Å²) in [4.78, 5) is 12.1. The van der Waals surface area contributed by atoms with Crippen LogP contribution in [0, 0.1) is 5.82 Å². The topological polar surface area (TPSA) is 29.1 Å². The van der Waals surface area contributed by atoms with E-state index in [1.165, 1.54) is 12.1 Å². The van der Waals surface area contributed by atoms with Gasteiger partial charge in [-0.2, -0.15) is 0 Å². The van der Waals surface area contributed by atoms with E-state index >= 15 is 0 Å². The van der Waals surface area contributed by atoms with E-state index in [-0.39, 0.29) is 17.8 Å². The number of halogens is 3. The lowest BCUT2D eigenvalue weighted by molar-refractivity contribution is 0.0939. The van der Waals surface area contributed by atoms with Crippen molar-refractivity contribution < 1.29 is 9.18 Å². The number of benzene rings is 2. The lowest BCUT2D eigenvalue weighted by atomic mass is 10.1. The SMILES string of the molecule is CC(NC(=O)c1cc(Cl)cc(Br)c1)c1cccc(F)c1. The summed E-state index contributed by atoms with van der Waals surface area (Å²) in [6.07, 6.45) is 0. The van der Waals surface area contributed by atoms with Crippen LogP contribution in [0.25, 0.3) is 0 Å². The number of carbonyl (C=O) groups excluding carboxylic acids is 1. The zero-order chi connectivity index (χ0) is 14.7. The molecule has 2 rings (SSSR count). The van der Waals surface area contributed by atoms with Crippen molar-refractivity contribution in [2.24, 2.45) is 0 Å². The molecular formula is C15H12BrClFNO. The highest BCUT2D eigenvalue weighted by atomic mass is 79.9. The van der Waals surface area contributed by atoms with Crippen molar-refractivity contribution in [3.63, 3.8) is 0 Å². The third kappa shape index (κ3) is 3.81. The molecular weight excluding hydrogens is 345 g/mol. The first kappa shape index (κ1) is 15.0. The second kappa shape index (κ2) is 6.37. The Kier molecular flexibility index (Phi) is 4.78. The van der Waals surface area contributed by atoms with E-state index in [4.69, 9.17) is 11.6 Å². The van der Waals surface area contributed by atoms with E-state index in [2.05, 4.69) is 21.2 Å². The second-order valence-electron chi connectivity index (χ2n) is 4.41.